The standard InChI is InChI=1S/C22H32N2O2S/c25-21(16-27-20-8-7-18-5-4-6-19(18)15-20)23-17-22(9-2-1-3-10-22)24-11-13-26-14-12-24/h7-8,15H,1-6,9-14,16-17H2,(H,23,25). The van der Waals surface area contributed by atoms with Crippen molar-refractivity contribution in [3.8, 4) is 0 Å². The van der Waals surface area contributed by atoms with E-state index in [0.29, 0.717) is 5.75 Å². The number of carbonyl (C=O) groups excluding carboxylic acids is 1. The molecule has 0 radical (unpaired) electrons. The van der Waals surface area contributed by atoms with Crippen molar-refractivity contribution >= 4 is 17.7 Å². The molecule has 2 aliphatic carbocycles. The molecule has 4 nitrogen and oxygen atoms in total. The molecular formula is C22H32N2O2S. The molecule has 0 unspecified atom stereocenters. The predicted molar refractivity (Wildman–Crippen MR) is 110 cm³/mol. The molecule has 0 aromatic heterocycles. The molecule has 0 spiro atoms. The fourth-order valence-corrected chi connectivity index (χ4v) is 5.74. The molecule has 1 saturated carbocycles. The van der Waals surface area contributed by atoms with Crippen molar-refractivity contribution in [3.63, 3.8) is 0 Å². The van der Waals surface area contributed by atoms with Crippen LogP contribution in [0.15, 0.2) is 23.1 Å². The van der Waals surface area contributed by atoms with E-state index in [2.05, 4.69) is 28.4 Å². The third-order valence-corrected chi connectivity index (χ3v) is 7.51. The van der Waals surface area contributed by atoms with Crippen LogP contribution in [0.5, 0.6) is 0 Å². The maximum absolute atomic E-state index is 12.5. The monoisotopic (exact) mass is 388 g/mol. The Bertz CT molecular complexity index is 652. The topological polar surface area (TPSA) is 41.6 Å². The summed E-state index contributed by atoms with van der Waals surface area (Å²) in [5.74, 6) is 0.677. The Morgan fingerprint density at radius 3 is 2.67 bits per heavy atom. The maximum Gasteiger partial charge on any atom is 0.230 e. The second-order valence-corrected chi connectivity index (χ2v) is 9.28. The second kappa shape index (κ2) is 8.97. The second-order valence-electron chi connectivity index (χ2n) is 8.23. The number of carbonyl (C=O) groups is 1. The van der Waals surface area contributed by atoms with Gasteiger partial charge in [0, 0.05) is 30.1 Å². The molecule has 27 heavy (non-hydrogen) atoms. The quantitative estimate of drug-likeness (QED) is 0.758. The minimum atomic E-state index is 0.149. The van der Waals surface area contributed by atoms with Crippen molar-refractivity contribution in [2.45, 2.75) is 61.8 Å². The van der Waals surface area contributed by atoms with Crippen molar-refractivity contribution in [2.24, 2.45) is 0 Å². The van der Waals surface area contributed by atoms with Crippen LogP contribution < -0.4 is 5.32 Å². The van der Waals surface area contributed by atoms with Crippen LogP contribution in [0.1, 0.15) is 49.7 Å². The van der Waals surface area contributed by atoms with Crippen LogP contribution in [0.2, 0.25) is 0 Å². The van der Waals surface area contributed by atoms with Crippen molar-refractivity contribution in [2.75, 3.05) is 38.6 Å². The molecule has 5 heteroatoms. The number of ether oxygens (including phenoxy) is 1. The summed E-state index contributed by atoms with van der Waals surface area (Å²) in [6.45, 7) is 4.43. The maximum atomic E-state index is 12.5. The molecule has 1 saturated heterocycles. The first-order valence-corrected chi connectivity index (χ1v) is 11.6. The number of fused-ring (bicyclic) bond motifs is 1. The van der Waals surface area contributed by atoms with E-state index in [1.807, 2.05) is 0 Å². The van der Waals surface area contributed by atoms with Crippen LogP contribution >= 0.6 is 11.8 Å². The Morgan fingerprint density at radius 2 is 1.85 bits per heavy atom. The molecule has 2 fully saturated rings. The lowest BCUT2D eigenvalue weighted by Crippen LogP contribution is -2.59. The Morgan fingerprint density at radius 1 is 1.07 bits per heavy atom. The number of nitrogens with one attached hydrogen (secondary N) is 1. The number of benzene rings is 1. The van der Waals surface area contributed by atoms with Crippen molar-refractivity contribution in [1.29, 1.82) is 0 Å². The Hall–Kier alpha value is -1.04. The third kappa shape index (κ3) is 4.69. The van der Waals surface area contributed by atoms with Crippen molar-refractivity contribution in [3.05, 3.63) is 29.3 Å². The van der Waals surface area contributed by atoms with Crippen LogP contribution in [-0.4, -0.2) is 54.9 Å². The van der Waals surface area contributed by atoms with E-state index < -0.39 is 0 Å². The number of hydrogen-bond donors (Lipinski definition) is 1. The zero-order valence-electron chi connectivity index (χ0n) is 16.3. The number of morpholine rings is 1. The summed E-state index contributed by atoms with van der Waals surface area (Å²) in [5, 5.41) is 3.27. The van der Waals surface area contributed by atoms with Gasteiger partial charge in [-0.3, -0.25) is 9.69 Å². The fraction of sp³-hybridized carbons (Fsp3) is 0.682. The fourth-order valence-electron chi connectivity index (χ4n) is 4.95. The first-order chi connectivity index (χ1) is 13.3. The zero-order chi connectivity index (χ0) is 18.5. The SMILES string of the molecule is O=C(CSc1ccc2c(c1)CCC2)NCC1(N2CCOCC2)CCCCC1. The predicted octanol–water partition coefficient (Wildman–Crippen LogP) is 3.42. The molecule has 1 amide bonds. The number of rotatable bonds is 6. The smallest absolute Gasteiger partial charge is 0.230 e. The highest BCUT2D eigenvalue weighted by molar-refractivity contribution is 8.00. The van der Waals surface area contributed by atoms with Gasteiger partial charge in [0.1, 0.15) is 0 Å². The van der Waals surface area contributed by atoms with Gasteiger partial charge in [-0.25, -0.2) is 0 Å². The number of amides is 1. The molecule has 1 aromatic rings. The van der Waals surface area contributed by atoms with Crippen LogP contribution in [0.4, 0.5) is 0 Å². The van der Waals surface area contributed by atoms with Gasteiger partial charge in [0.05, 0.1) is 19.0 Å². The molecule has 0 atom stereocenters. The van der Waals surface area contributed by atoms with Gasteiger partial charge in [-0.05, 0) is 55.4 Å². The average Bonchev–Trinajstić information content (AvgIpc) is 3.20. The van der Waals surface area contributed by atoms with E-state index >= 15 is 0 Å². The van der Waals surface area contributed by atoms with Gasteiger partial charge < -0.3 is 10.1 Å². The third-order valence-electron chi connectivity index (χ3n) is 6.52. The Balaban J connectivity index is 1.30. The molecule has 148 valence electrons. The normalized spacial score (nSPS) is 22.4. The minimum absolute atomic E-state index is 0.149. The lowest BCUT2D eigenvalue weighted by molar-refractivity contribution is -0.119. The molecule has 3 aliphatic rings. The molecule has 4 rings (SSSR count). The number of nitrogens with zero attached hydrogens (tertiary/aromatic N) is 1. The summed E-state index contributed by atoms with van der Waals surface area (Å²) in [6, 6.07) is 6.72. The first-order valence-electron chi connectivity index (χ1n) is 10.6. The van der Waals surface area contributed by atoms with E-state index in [1.54, 1.807) is 11.8 Å². The van der Waals surface area contributed by atoms with Crippen molar-refractivity contribution < 1.29 is 9.53 Å². The summed E-state index contributed by atoms with van der Waals surface area (Å²) in [7, 11) is 0. The highest BCUT2D eigenvalue weighted by Crippen LogP contribution is 2.34. The molecule has 1 N–H and O–H groups in total. The van der Waals surface area contributed by atoms with E-state index in [4.69, 9.17) is 4.74 Å². The molecule has 1 aromatic carbocycles. The zero-order valence-corrected chi connectivity index (χ0v) is 17.1. The van der Waals surface area contributed by atoms with Crippen LogP contribution in [-0.2, 0) is 22.4 Å². The number of aryl methyl sites for hydroxylation is 2. The lowest BCUT2D eigenvalue weighted by atomic mass is 9.79. The summed E-state index contributed by atoms with van der Waals surface area (Å²) >= 11 is 1.67. The highest BCUT2D eigenvalue weighted by Gasteiger charge is 2.38. The molecule has 0 bridgehead atoms. The van der Waals surface area contributed by atoms with Crippen molar-refractivity contribution in [1.82, 2.24) is 10.2 Å². The van der Waals surface area contributed by atoms with Gasteiger partial charge >= 0.3 is 0 Å². The van der Waals surface area contributed by atoms with E-state index in [1.165, 1.54) is 67.4 Å². The molecular weight excluding hydrogens is 356 g/mol. The van der Waals surface area contributed by atoms with Gasteiger partial charge in [-0.1, -0.05) is 25.3 Å². The first kappa shape index (κ1) is 19.3. The largest absolute Gasteiger partial charge is 0.379 e. The highest BCUT2D eigenvalue weighted by atomic mass is 32.2. The van der Waals surface area contributed by atoms with Gasteiger partial charge in [0.15, 0.2) is 0 Å². The van der Waals surface area contributed by atoms with Crippen LogP contribution in [0, 0.1) is 0 Å². The summed E-state index contributed by atoms with van der Waals surface area (Å²) < 4.78 is 5.55. The Labute approximate surface area is 167 Å². The van der Waals surface area contributed by atoms with E-state index in [9.17, 15) is 4.79 Å². The van der Waals surface area contributed by atoms with E-state index in [-0.39, 0.29) is 11.4 Å². The number of hydrogen-bond acceptors (Lipinski definition) is 4. The Kier molecular flexibility index (Phi) is 6.41. The van der Waals surface area contributed by atoms with E-state index in [0.717, 1.165) is 32.8 Å². The average molecular weight is 389 g/mol. The van der Waals surface area contributed by atoms with Gasteiger partial charge in [-0.15, -0.1) is 11.8 Å². The van der Waals surface area contributed by atoms with Gasteiger partial charge in [-0.2, -0.15) is 0 Å². The summed E-state index contributed by atoms with van der Waals surface area (Å²) in [4.78, 5) is 16.4. The lowest BCUT2D eigenvalue weighted by Gasteiger charge is -2.48. The van der Waals surface area contributed by atoms with Crippen LogP contribution in [0.3, 0.4) is 0 Å². The van der Waals surface area contributed by atoms with Crippen LogP contribution in [0.25, 0.3) is 0 Å². The minimum Gasteiger partial charge on any atom is -0.379 e. The van der Waals surface area contributed by atoms with Gasteiger partial charge in [0.2, 0.25) is 5.91 Å². The molecule has 1 aliphatic heterocycles. The summed E-state index contributed by atoms with van der Waals surface area (Å²) in [5.41, 5.74) is 3.12. The number of thioether (sulfide) groups is 1. The molecule has 1 heterocycles. The summed E-state index contributed by atoms with van der Waals surface area (Å²) in [6.07, 6.45) is 9.95. The van der Waals surface area contributed by atoms with Gasteiger partial charge in [0.25, 0.3) is 0 Å².